The highest BCUT2D eigenvalue weighted by atomic mass is 16.1. The van der Waals surface area contributed by atoms with E-state index in [-0.39, 0.29) is 5.91 Å². The molecule has 4 rings (SSSR count). The van der Waals surface area contributed by atoms with Gasteiger partial charge in [0.25, 0.3) is 5.91 Å². The Balaban J connectivity index is 2.17. The van der Waals surface area contributed by atoms with Crippen molar-refractivity contribution in [1.82, 2.24) is 5.32 Å². The summed E-state index contributed by atoms with van der Waals surface area (Å²) in [5.74, 6) is 0.737. The van der Waals surface area contributed by atoms with E-state index in [1.54, 1.807) is 0 Å². The Morgan fingerprint density at radius 2 is 2.00 bits per heavy atom. The average Bonchev–Trinajstić information content (AvgIpc) is 2.30. The molecule has 0 spiro atoms. The lowest BCUT2D eigenvalue weighted by atomic mass is 9.76. The maximum absolute atomic E-state index is 11.6. The molecule has 1 saturated carbocycles. The second-order valence-electron chi connectivity index (χ2n) is 3.93. The van der Waals surface area contributed by atoms with Crippen LogP contribution in [-0.2, 0) is 0 Å². The number of benzene rings is 1. The Morgan fingerprint density at radius 3 is 2.85 bits per heavy atom. The van der Waals surface area contributed by atoms with Crippen LogP contribution in [0.3, 0.4) is 0 Å². The van der Waals surface area contributed by atoms with Crippen molar-refractivity contribution in [1.29, 1.82) is 0 Å². The predicted octanol–water partition coefficient (Wildman–Crippen LogP) is 1.68. The number of carbonyl (C=O) groups excluding carboxylic acids is 1. The molecule has 0 radical (unpaired) electrons. The molecule has 2 heteroatoms. The molecular formula is C11H11NO. The first-order valence-corrected chi connectivity index (χ1v) is 4.74. The lowest BCUT2D eigenvalue weighted by Crippen LogP contribution is -2.39. The Kier molecular flexibility index (Phi) is 1.29. The summed E-state index contributed by atoms with van der Waals surface area (Å²) in [7, 11) is 0. The normalized spacial score (nSPS) is 29.7. The first-order chi connectivity index (χ1) is 6.34. The number of nitrogens with one attached hydrogen (secondary N) is 1. The van der Waals surface area contributed by atoms with Gasteiger partial charge in [0.05, 0.1) is 0 Å². The molecule has 1 aromatic carbocycles. The van der Waals surface area contributed by atoms with Gasteiger partial charge in [-0.15, -0.1) is 0 Å². The highest BCUT2D eigenvalue weighted by Gasteiger charge is 2.37. The van der Waals surface area contributed by atoms with Crippen molar-refractivity contribution in [3.8, 4) is 0 Å². The predicted molar refractivity (Wildman–Crippen MR) is 49.7 cm³/mol. The van der Waals surface area contributed by atoms with Crippen LogP contribution in [0.15, 0.2) is 24.3 Å². The molecule has 2 bridgehead atoms. The van der Waals surface area contributed by atoms with Crippen molar-refractivity contribution in [2.45, 2.75) is 24.8 Å². The number of rotatable bonds is 0. The van der Waals surface area contributed by atoms with E-state index in [4.69, 9.17) is 0 Å². The van der Waals surface area contributed by atoms with E-state index >= 15 is 0 Å². The van der Waals surface area contributed by atoms with Crippen molar-refractivity contribution in [2.75, 3.05) is 0 Å². The van der Waals surface area contributed by atoms with Gasteiger partial charge in [-0.25, -0.2) is 0 Å². The van der Waals surface area contributed by atoms with Gasteiger partial charge >= 0.3 is 0 Å². The SMILES string of the molecule is O=C1NC2CC(C2)c2ccccc21. The molecule has 0 atom stereocenters. The molecule has 2 nitrogen and oxygen atoms in total. The van der Waals surface area contributed by atoms with Gasteiger partial charge in [0.2, 0.25) is 0 Å². The summed E-state index contributed by atoms with van der Waals surface area (Å²) in [6.45, 7) is 0. The van der Waals surface area contributed by atoms with Gasteiger partial charge in [0.1, 0.15) is 0 Å². The summed E-state index contributed by atoms with van der Waals surface area (Å²) in [4.78, 5) is 11.6. The fraction of sp³-hybridized carbons (Fsp3) is 0.364. The van der Waals surface area contributed by atoms with Gasteiger partial charge in [-0.05, 0) is 30.4 Å². The van der Waals surface area contributed by atoms with Crippen molar-refractivity contribution in [3.05, 3.63) is 35.4 Å². The smallest absolute Gasteiger partial charge is 0.251 e. The molecule has 0 aromatic heterocycles. The number of carbonyl (C=O) groups is 1. The molecule has 1 aliphatic carbocycles. The quantitative estimate of drug-likeness (QED) is 0.635. The Morgan fingerprint density at radius 1 is 1.23 bits per heavy atom. The van der Waals surface area contributed by atoms with Crippen LogP contribution in [0, 0.1) is 0 Å². The molecule has 1 aromatic rings. The largest absolute Gasteiger partial charge is 0.349 e. The number of hydrogen-bond acceptors (Lipinski definition) is 1. The van der Waals surface area contributed by atoms with Crippen molar-refractivity contribution in [3.63, 3.8) is 0 Å². The van der Waals surface area contributed by atoms with Crippen molar-refractivity contribution in [2.24, 2.45) is 0 Å². The zero-order valence-electron chi connectivity index (χ0n) is 7.29. The molecule has 66 valence electrons. The Hall–Kier alpha value is -1.31. The average molecular weight is 173 g/mol. The molecule has 2 aliphatic heterocycles. The van der Waals surface area contributed by atoms with Gasteiger partial charge < -0.3 is 5.32 Å². The van der Waals surface area contributed by atoms with E-state index in [9.17, 15) is 4.79 Å². The first kappa shape index (κ1) is 7.13. The molecule has 1 N–H and O–H groups in total. The molecular weight excluding hydrogens is 162 g/mol. The van der Waals surface area contributed by atoms with Gasteiger partial charge in [-0.1, -0.05) is 18.2 Å². The molecule has 1 amide bonds. The first-order valence-electron chi connectivity index (χ1n) is 4.74. The van der Waals surface area contributed by atoms with E-state index < -0.39 is 0 Å². The number of fused-ring (bicyclic) bond motifs is 1. The maximum atomic E-state index is 11.6. The third-order valence-electron chi connectivity index (χ3n) is 3.12. The minimum absolute atomic E-state index is 0.112. The zero-order chi connectivity index (χ0) is 8.84. The summed E-state index contributed by atoms with van der Waals surface area (Å²) in [6, 6.07) is 8.39. The summed E-state index contributed by atoms with van der Waals surface area (Å²) in [5.41, 5.74) is 2.13. The summed E-state index contributed by atoms with van der Waals surface area (Å²) >= 11 is 0. The molecule has 2 heterocycles. The van der Waals surface area contributed by atoms with E-state index in [0.29, 0.717) is 12.0 Å². The lowest BCUT2D eigenvalue weighted by Gasteiger charge is -2.32. The van der Waals surface area contributed by atoms with Crippen LogP contribution >= 0.6 is 0 Å². The lowest BCUT2D eigenvalue weighted by molar-refractivity contribution is 0.0926. The summed E-state index contributed by atoms with van der Waals surface area (Å²) in [5, 5.41) is 3.02. The van der Waals surface area contributed by atoms with Crippen LogP contribution in [-0.4, -0.2) is 11.9 Å². The standard InChI is InChI=1S/C11H11NO/c13-11-10-4-2-1-3-9(10)7-5-8(6-7)12-11/h1-4,7-8H,5-6H2,(H,12,13). The van der Waals surface area contributed by atoms with Gasteiger partial charge in [-0.3, -0.25) is 4.79 Å². The Bertz CT molecular complexity index is 366. The van der Waals surface area contributed by atoms with Crippen LogP contribution in [0.2, 0.25) is 0 Å². The maximum Gasteiger partial charge on any atom is 0.251 e. The third kappa shape index (κ3) is 0.916. The summed E-state index contributed by atoms with van der Waals surface area (Å²) in [6.07, 6.45) is 2.26. The minimum atomic E-state index is 0.112. The molecule has 0 unspecified atom stereocenters. The van der Waals surface area contributed by atoms with Crippen LogP contribution in [0.1, 0.15) is 34.7 Å². The van der Waals surface area contributed by atoms with E-state index in [0.717, 1.165) is 18.4 Å². The fourth-order valence-corrected chi connectivity index (χ4v) is 2.31. The topological polar surface area (TPSA) is 29.1 Å². The van der Waals surface area contributed by atoms with Crippen molar-refractivity contribution >= 4 is 5.91 Å². The summed E-state index contributed by atoms with van der Waals surface area (Å²) < 4.78 is 0. The minimum Gasteiger partial charge on any atom is -0.349 e. The third-order valence-corrected chi connectivity index (χ3v) is 3.12. The second kappa shape index (κ2) is 2.34. The fourth-order valence-electron chi connectivity index (χ4n) is 2.31. The molecule has 3 aliphatic rings. The van der Waals surface area contributed by atoms with Crippen LogP contribution in [0.5, 0.6) is 0 Å². The van der Waals surface area contributed by atoms with Crippen LogP contribution in [0.4, 0.5) is 0 Å². The van der Waals surface area contributed by atoms with E-state index in [1.165, 1.54) is 5.56 Å². The van der Waals surface area contributed by atoms with Gasteiger partial charge in [-0.2, -0.15) is 0 Å². The molecule has 1 fully saturated rings. The Labute approximate surface area is 77.0 Å². The van der Waals surface area contributed by atoms with Gasteiger partial charge in [0.15, 0.2) is 0 Å². The zero-order valence-corrected chi connectivity index (χ0v) is 7.29. The molecule has 13 heavy (non-hydrogen) atoms. The van der Waals surface area contributed by atoms with E-state index in [1.807, 2.05) is 18.2 Å². The highest BCUT2D eigenvalue weighted by Crippen LogP contribution is 2.40. The van der Waals surface area contributed by atoms with Gasteiger partial charge in [0, 0.05) is 11.6 Å². The van der Waals surface area contributed by atoms with Crippen LogP contribution < -0.4 is 5.32 Å². The monoisotopic (exact) mass is 173 g/mol. The molecule has 0 saturated heterocycles. The van der Waals surface area contributed by atoms with E-state index in [2.05, 4.69) is 11.4 Å². The van der Waals surface area contributed by atoms with Crippen molar-refractivity contribution < 1.29 is 4.79 Å². The number of hydrogen-bond donors (Lipinski definition) is 1. The number of amides is 1. The van der Waals surface area contributed by atoms with Crippen LogP contribution in [0.25, 0.3) is 0 Å². The second-order valence-corrected chi connectivity index (χ2v) is 3.93. The highest BCUT2D eigenvalue weighted by molar-refractivity contribution is 5.97.